The van der Waals surface area contributed by atoms with Crippen LogP contribution in [-0.2, 0) is 17.8 Å². The van der Waals surface area contributed by atoms with Crippen molar-refractivity contribution in [3.63, 3.8) is 0 Å². The van der Waals surface area contributed by atoms with Gasteiger partial charge in [-0.2, -0.15) is 0 Å². The van der Waals surface area contributed by atoms with Gasteiger partial charge in [0.1, 0.15) is 6.26 Å². The van der Waals surface area contributed by atoms with Gasteiger partial charge < -0.3 is 9.32 Å². The number of nitrogens with zero attached hydrogens (tertiary/aromatic N) is 2. The minimum atomic E-state index is -0.227. The van der Waals surface area contributed by atoms with Crippen LogP contribution in [0.1, 0.15) is 59.5 Å². The standard InChI is InChI=1S/C19H23N3O3S/c23-17(6-5-13-3-1-2-4-13)22-9-7-15-16(11-22)26-19(20-15)21-18(24)14-8-10-25-12-14/h8,10,12-13H,1-7,9,11H2,(H,20,21,24). The van der Waals surface area contributed by atoms with E-state index in [4.69, 9.17) is 4.42 Å². The van der Waals surface area contributed by atoms with E-state index in [0.717, 1.165) is 35.9 Å². The number of nitrogens with one attached hydrogen (secondary N) is 1. The maximum Gasteiger partial charge on any atom is 0.260 e. The average molecular weight is 373 g/mol. The molecule has 1 saturated carbocycles. The number of hydrogen-bond acceptors (Lipinski definition) is 5. The minimum Gasteiger partial charge on any atom is -0.472 e. The Morgan fingerprint density at radius 2 is 2.19 bits per heavy atom. The second-order valence-electron chi connectivity index (χ2n) is 7.11. The highest BCUT2D eigenvalue weighted by Crippen LogP contribution is 2.31. The van der Waals surface area contributed by atoms with Crippen LogP contribution in [0.25, 0.3) is 0 Å². The quantitative estimate of drug-likeness (QED) is 0.864. The minimum absolute atomic E-state index is 0.227. The van der Waals surface area contributed by atoms with Gasteiger partial charge in [0.05, 0.1) is 24.1 Å². The predicted molar refractivity (Wildman–Crippen MR) is 99.1 cm³/mol. The zero-order valence-electron chi connectivity index (χ0n) is 14.7. The van der Waals surface area contributed by atoms with Crippen molar-refractivity contribution in [1.29, 1.82) is 0 Å². The van der Waals surface area contributed by atoms with Gasteiger partial charge in [0.2, 0.25) is 5.91 Å². The van der Waals surface area contributed by atoms with E-state index >= 15 is 0 Å². The molecule has 1 fully saturated rings. The number of carbonyl (C=O) groups is 2. The van der Waals surface area contributed by atoms with E-state index in [0.29, 0.717) is 23.7 Å². The molecule has 0 bridgehead atoms. The van der Waals surface area contributed by atoms with Crippen molar-refractivity contribution in [2.75, 3.05) is 11.9 Å². The summed E-state index contributed by atoms with van der Waals surface area (Å²) >= 11 is 1.46. The normalized spacial score (nSPS) is 17.3. The van der Waals surface area contributed by atoms with E-state index in [-0.39, 0.29) is 11.8 Å². The molecule has 0 spiro atoms. The third kappa shape index (κ3) is 3.82. The molecule has 2 aliphatic rings. The van der Waals surface area contributed by atoms with Crippen molar-refractivity contribution in [1.82, 2.24) is 9.88 Å². The third-order valence-electron chi connectivity index (χ3n) is 5.33. The molecular formula is C19H23N3O3S. The van der Waals surface area contributed by atoms with Crippen molar-refractivity contribution in [2.24, 2.45) is 5.92 Å². The summed E-state index contributed by atoms with van der Waals surface area (Å²) in [7, 11) is 0. The predicted octanol–water partition coefficient (Wildman–Crippen LogP) is 3.84. The van der Waals surface area contributed by atoms with E-state index < -0.39 is 0 Å². The first-order chi connectivity index (χ1) is 12.7. The Morgan fingerprint density at radius 1 is 1.35 bits per heavy atom. The van der Waals surface area contributed by atoms with Gasteiger partial charge in [-0.05, 0) is 18.4 Å². The average Bonchev–Trinajstić information content (AvgIpc) is 3.39. The molecule has 4 rings (SSSR count). The summed E-state index contributed by atoms with van der Waals surface area (Å²) < 4.78 is 4.93. The molecule has 26 heavy (non-hydrogen) atoms. The maximum absolute atomic E-state index is 12.5. The second kappa shape index (κ2) is 7.61. The van der Waals surface area contributed by atoms with Crippen LogP contribution in [-0.4, -0.2) is 28.2 Å². The molecule has 3 heterocycles. The molecule has 2 aromatic heterocycles. The van der Waals surface area contributed by atoms with Crippen LogP contribution < -0.4 is 5.32 Å². The highest BCUT2D eigenvalue weighted by molar-refractivity contribution is 7.15. The van der Waals surface area contributed by atoms with Crippen molar-refractivity contribution >= 4 is 28.3 Å². The lowest BCUT2D eigenvalue weighted by atomic mass is 10.0. The monoisotopic (exact) mass is 373 g/mol. The first kappa shape index (κ1) is 17.3. The molecule has 1 aliphatic carbocycles. The van der Waals surface area contributed by atoms with Crippen LogP contribution in [0.15, 0.2) is 23.0 Å². The molecule has 0 saturated heterocycles. The van der Waals surface area contributed by atoms with Crippen LogP contribution in [0.2, 0.25) is 0 Å². The Morgan fingerprint density at radius 3 is 2.96 bits per heavy atom. The van der Waals surface area contributed by atoms with E-state index in [1.165, 1.54) is 49.5 Å². The maximum atomic E-state index is 12.5. The van der Waals surface area contributed by atoms with Gasteiger partial charge in [-0.15, -0.1) is 0 Å². The van der Waals surface area contributed by atoms with E-state index in [2.05, 4.69) is 10.3 Å². The largest absolute Gasteiger partial charge is 0.472 e. The molecule has 0 aromatic carbocycles. The smallest absolute Gasteiger partial charge is 0.260 e. The summed E-state index contributed by atoms with van der Waals surface area (Å²) in [5.74, 6) is 0.765. The molecule has 6 nitrogen and oxygen atoms in total. The van der Waals surface area contributed by atoms with Gasteiger partial charge in [0.25, 0.3) is 5.91 Å². The zero-order chi connectivity index (χ0) is 17.9. The number of rotatable bonds is 5. The summed E-state index contributed by atoms with van der Waals surface area (Å²) in [6, 6.07) is 1.62. The number of thiazole rings is 1. The first-order valence-corrected chi connectivity index (χ1v) is 10.1. The number of carbonyl (C=O) groups excluding carboxylic acids is 2. The molecule has 2 amide bonds. The number of hydrogen-bond donors (Lipinski definition) is 1. The van der Waals surface area contributed by atoms with Gasteiger partial charge in [-0.1, -0.05) is 37.0 Å². The summed E-state index contributed by atoms with van der Waals surface area (Å²) in [6.45, 7) is 1.33. The SMILES string of the molecule is O=C(Nc1nc2c(s1)CN(C(=O)CCC1CCCC1)CC2)c1ccoc1. The molecule has 2 aromatic rings. The Bertz CT molecular complexity index is 778. The Labute approximate surface area is 156 Å². The lowest BCUT2D eigenvalue weighted by molar-refractivity contribution is -0.132. The zero-order valence-corrected chi connectivity index (χ0v) is 15.5. The summed E-state index contributed by atoms with van der Waals surface area (Å²) in [5, 5.41) is 3.40. The summed E-state index contributed by atoms with van der Waals surface area (Å²) in [5.41, 5.74) is 1.47. The third-order valence-corrected chi connectivity index (χ3v) is 6.33. The first-order valence-electron chi connectivity index (χ1n) is 9.29. The van der Waals surface area contributed by atoms with E-state index in [9.17, 15) is 9.59 Å². The number of amides is 2. The van der Waals surface area contributed by atoms with Crippen LogP contribution in [0.5, 0.6) is 0 Å². The van der Waals surface area contributed by atoms with Gasteiger partial charge in [-0.3, -0.25) is 14.9 Å². The second-order valence-corrected chi connectivity index (χ2v) is 8.19. The Hall–Kier alpha value is -2.15. The highest BCUT2D eigenvalue weighted by Gasteiger charge is 2.25. The van der Waals surface area contributed by atoms with E-state index in [1.807, 2.05) is 4.90 Å². The molecule has 0 unspecified atom stereocenters. The topological polar surface area (TPSA) is 75.4 Å². The number of furan rings is 1. The molecule has 0 atom stereocenters. The van der Waals surface area contributed by atoms with Crippen LogP contribution in [0, 0.1) is 5.92 Å². The van der Waals surface area contributed by atoms with Gasteiger partial charge >= 0.3 is 0 Å². The van der Waals surface area contributed by atoms with Crippen molar-refractivity contribution in [3.05, 3.63) is 34.7 Å². The highest BCUT2D eigenvalue weighted by atomic mass is 32.1. The molecule has 138 valence electrons. The van der Waals surface area contributed by atoms with E-state index in [1.54, 1.807) is 6.07 Å². The summed E-state index contributed by atoms with van der Waals surface area (Å²) in [6.07, 6.45) is 10.5. The summed E-state index contributed by atoms with van der Waals surface area (Å²) in [4.78, 5) is 32.2. The molecule has 7 heteroatoms. The fourth-order valence-electron chi connectivity index (χ4n) is 3.81. The fraction of sp³-hybridized carbons (Fsp3) is 0.526. The molecule has 1 aliphatic heterocycles. The number of aromatic nitrogens is 1. The van der Waals surface area contributed by atoms with Gasteiger partial charge in [0, 0.05) is 24.3 Å². The number of anilines is 1. The lowest BCUT2D eigenvalue weighted by Crippen LogP contribution is -2.35. The Balaban J connectivity index is 1.34. The van der Waals surface area contributed by atoms with Crippen LogP contribution in [0.4, 0.5) is 5.13 Å². The van der Waals surface area contributed by atoms with Gasteiger partial charge in [0.15, 0.2) is 5.13 Å². The number of fused-ring (bicyclic) bond motifs is 1. The van der Waals surface area contributed by atoms with Crippen molar-refractivity contribution in [3.8, 4) is 0 Å². The Kier molecular flexibility index (Phi) is 5.06. The van der Waals surface area contributed by atoms with Crippen LogP contribution >= 0.6 is 11.3 Å². The van der Waals surface area contributed by atoms with Crippen molar-refractivity contribution < 1.29 is 14.0 Å². The molecule has 1 N–H and O–H groups in total. The fourth-order valence-corrected chi connectivity index (χ4v) is 4.83. The molecular weight excluding hydrogens is 350 g/mol. The molecule has 0 radical (unpaired) electrons. The van der Waals surface area contributed by atoms with Crippen molar-refractivity contribution in [2.45, 2.75) is 51.5 Å². The van der Waals surface area contributed by atoms with Crippen LogP contribution in [0.3, 0.4) is 0 Å². The van der Waals surface area contributed by atoms with Gasteiger partial charge in [-0.25, -0.2) is 4.98 Å². The lowest BCUT2D eigenvalue weighted by Gasteiger charge is -2.26.